The summed E-state index contributed by atoms with van der Waals surface area (Å²) < 4.78 is 0. The third kappa shape index (κ3) is 2.95. The number of carbonyl (C=O) groups is 2. The molecule has 1 aromatic rings. The van der Waals surface area contributed by atoms with Crippen LogP contribution >= 0.6 is 0 Å². The molecule has 0 aliphatic carbocycles. The molecule has 2 N–H and O–H groups in total. The molecule has 0 bridgehead atoms. The fourth-order valence-corrected chi connectivity index (χ4v) is 1.37. The van der Waals surface area contributed by atoms with Crippen molar-refractivity contribution in [3.05, 3.63) is 41.0 Å². The van der Waals surface area contributed by atoms with E-state index in [4.69, 9.17) is 10.2 Å². The molecular weight excluding hydrogens is 208 g/mol. The Hall–Kier alpha value is -2.10. The maximum Gasteiger partial charge on any atom is 0.336 e. The van der Waals surface area contributed by atoms with Crippen molar-refractivity contribution >= 4 is 18.0 Å². The number of aryl methyl sites for hydroxylation is 1. The van der Waals surface area contributed by atoms with Gasteiger partial charge in [0.1, 0.15) is 0 Å². The van der Waals surface area contributed by atoms with Crippen molar-refractivity contribution < 1.29 is 19.8 Å². The maximum atomic E-state index is 10.9. The summed E-state index contributed by atoms with van der Waals surface area (Å²) in [7, 11) is 0. The Bertz CT molecular complexity index is 446. The Morgan fingerprint density at radius 2 is 2.00 bits per heavy atom. The summed E-state index contributed by atoms with van der Waals surface area (Å²) in [5, 5.41) is 17.4. The zero-order valence-electron chi connectivity index (χ0n) is 8.80. The van der Waals surface area contributed by atoms with Crippen LogP contribution in [0.25, 0.3) is 6.08 Å². The molecule has 0 fully saturated rings. The number of hydrogen-bond acceptors (Lipinski definition) is 2. The summed E-state index contributed by atoms with van der Waals surface area (Å²) in [5.41, 5.74) is 1.54. The molecule has 0 radical (unpaired) electrons. The minimum Gasteiger partial charge on any atom is -0.481 e. The summed E-state index contributed by atoms with van der Waals surface area (Å²) >= 11 is 0. The van der Waals surface area contributed by atoms with Gasteiger partial charge in [-0.1, -0.05) is 24.3 Å². The Labute approximate surface area is 92.8 Å². The van der Waals surface area contributed by atoms with E-state index in [1.54, 1.807) is 19.1 Å². The van der Waals surface area contributed by atoms with Gasteiger partial charge < -0.3 is 10.2 Å². The van der Waals surface area contributed by atoms with Crippen LogP contribution in [0, 0.1) is 6.92 Å². The summed E-state index contributed by atoms with van der Waals surface area (Å²) in [6, 6.07) is 4.94. The van der Waals surface area contributed by atoms with Crippen molar-refractivity contribution in [1.82, 2.24) is 0 Å². The zero-order chi connectivity index (χ0) is 12.1. The van der Waals surface area contributed by atoms with Gasteiger partial charge in [0, 0.05) is 0 Å². The highest BCUT2D eigenvalue weighted by Gasteiger charge is 2.08. The molecular formula is C12H12O4. The van der Waals surface area contributed by atoms with Gasteiger partial charge in [0.25, 0.3) is 0 Å². The number of aliphatic carboxylic acids is 1. The number of carboxylic acids is 2. The van der Waals surface area contributed by atoms with Crippen LogP contribution in [0.15, 0.2) is 24.3 Å². The Kier molecular flexibility index (Phi) is 3.83. The molecule has 1 aromatic carbocycles. The first-order chi connectivity index (χ1) is 7.52. The van der Waals surface area contributed by atoms with Crippen molar-refractivity contribution in [3.63, 3.8) is 0 Å². The summed E-state index contributed by atoms with van der Waals surface area (Å²) in [6.45, 7) is 1.78. The first-order valence-corrected chi connectivity index (χ1v) is 4.73. The van der Waals surface area contributed by atoms with E-state index in [2.05, 4.69) is 0 Å². The van der Waals surface area contributed by atoms with Crippen molar-refractivity contribution in [2.24, 2.45) is 0 Å². The second-order valence-corrected chi connectivity index (χ2v) is 3.34. The van der Waals surface area contributed by atoms with E-state index in [0.717, 1.165) is 5.56 Å². The van der Waals surface area contributed by atoms with Crippen molar-refractivity contribution in [2.75, 3.05) is 0 Å². The summed E-state index contributed by atoms with van der Waals surface area (Å²) in [6.07, 6.45) is 2.86. The fraction of sp³-hybridized carbons (Fsp3) is 0.167. The average molecular weight is 220 g/mol. The summed E-state index contributed by atoms with van der Waals surface area (Å²) in [4.78, 5) is 21.2. The normalized spacial score (nSPS) is 10.6. The molecule has 4 nitrogen and oxygen atoms in total. The lowest BCUT2D eigenvalue weighted by Gasteiger charge is -2.04. The molecule has 4 heteroatoms. The van der Waals surface area contributed by atoms with Crippen LogP contribution in [0.2, 0.25) is 0 Å². The molecule has 0 amide bonds. The third-order valence-corrected chi connectivity index (χ3v) is 2.13. The molecule has 0 saturated heterocycles. The van der Waals surface area contributed by atoms with E-state index in [0.29, 0.717) is 5.56 Å². The minimum absolute atomic E-state index is 0.118. The largest absolute Gasteiger partial charge is 0.481 e. The molecule has 0 unspecified atom stereocenters. The lowest BCUT2D eigenvalue weighted by molar-refractivity contribution is -0.135. The van der Waals surface area contributed by atoms with Crippen LogP contribution in [-0.2, 0) is 4.79 Å². The van der Waals surface area contributed by atoms with Crippen LogP contribution < -0.4 is 0 Å². The molecule has 0 heterocycles. The molecule has 0 spiro atoms. The highest BCUT2D eigenvalue weighted by Crippen LogP contribution is 2.16. The maximum absolute atomic E-state index is 10.9. The smallest absolute Gasteiger partial charge is 0.336 e. The third-order valence-electron chi connectivity index (χ3n) is 2.13. The lowest BCUT2D eigenvalue weighted by Crippen LogP contribution is -2.01. The fourth-order valence-electron chi connectivity index (χ4n) is 1.37. The first-order valence-electron chi connectivity index (χ1n) is 4.73. The van der Waals surface area contributed by atoms with Gasteiger partial charge in [-0.2, -0.15) is 0 Å². The van der Waals surface area contributed by atoms with E-state index in [-0.39, 0.29) is 12.0 Å². The predicted octanol–water partition coefficient (Wildman–Crippen LogP) is 2.18. The number of aromatic carboxylic acids is 1. The van der Waals surface area contributed by atoms with Crippen LogP contribution in [0.3, 0.4) is 0 Å². The van der Waals surface area contributed by atoms with E-state index < -0.39 is 11.9 Å². The van der Waals surface area contributed by atoms with E-state index in [9.17, 15) is 9.59 Å². The van der Waals surface area contributed by atoms with E-state index in [1.165, 1.54) is 18.2 Å². The number of rotatable bonds is 4. The van der Waals surface area contributed by atoms with E-state index in [1.807, 2.05) is 0 Å². The monoisotopic (exact) mass is 220 g/mol. The molecule has 0 aliphatic rings. The molecule has 16 heavy (non-hydrogen) atoms. The number of carboxylic acid groups (broad SMARTS) is 2. The van der Waals surface area contributed by atoms with Gasteiger partial charge in [0.2, 0.25) is 0 Å². The zero-order valence-corrected chi connectivity index (χ0v) is 8.80. The van der Waals surface area contributed by atoms with Crippen LogP contribution in [0.4, 0.5) is 0 Å². The Balaban J connectivity index is 3.06. The number of hydrogen-bond donors (Lipinski definition) is 2. The van der Waals surface area contributed by atoms with Gasteiger partial charge in [-0.3, -0.25) is 4.79 Å². The molecule has 1 rings (SSSR count). The minimum atomic E-state index is -1.02. The average Bonchev–Trinajstić information content (AvgIpc) is 2.19. The highest BCUT2D eigenvalue weighted by atomic mass is 16.4. The lowest BCUT2D eigenvalue weighted by atomic mass is 10.0. The SMILES string of the molecule is Cc1cccc(C(=O)O)c1C=CCC(=O)O. The molecule has 84 valence electrons. The van der Waals surface area contributed by atoms with Crippen molar-refractivity contribution in [3.8, 4) is 0 Å². The van der Waals surface area contributed by atoms with Crippen LogP contribution in [0.1, 0.15) is 27.9 Å². The van der Waals surface area contributed by atoms with Gasteiger partial charge in [0.05, 0.1) is 12.0 Å². The Morgan fingerprint density at radius 1 is 1.31 bits per heavy atom. The molecule has 0 aromatic heterocycles. The molecule has 0 aliphatic heterocycles. The van der Waals surface area contributed by atoms with Crippen molar-refractivity contribution in [2.45, 2.75) is 13.3 Å². The summed E-state index contributed by atoms with van der Waals surface area (Å²) in [5.74, 6) is -1.96. The second-order valence-electron chi connectivity index (χ2n) is 3.34. The Morgan fingerprint density at radius 3 is 2.56 bits per heavy atom. The first kappa shape index (κ1) is 12.0. The van der Waals surface area contributed by atoms with E-state index >= 15 is 0 Å². The number of benzene rings is 1. The topological polar surface area (TPSA) is 74.6 Å². The molecule has 0 atom stereocenters. The van der Waals surface area contributed by atoms with Crippen LogP contribution in [-0.4, -0.2) is 22.2 Å². The quantitative estimate of drug-likeness (QED) is 0.815. The van der Waals surface area contributed by atoms with Gasteiger partial charge in [-0.15, -0.1) is 0 Å². The van der Waals surface area contributed by atoms with Gasteiger partial charge >= 0.3 is 11.9 Å². The van der Waals surface area contributed by atoms with Gasteiger partial charge in [-0.25, -0.2) is 4.79 Å². The predicted molar refractivity (Wildman–Crippen MR) is 59.4 cm³/mol. The molecule has 0 saturated carbocycles. The van der Waals surface area contributed by atoms with Crippen molar-refractivity contribution in [1.29, 1.82) is 0 Å². The highest BCUT2D eigenvalue weighted by molar-refractivity contribution is 5.92. The second kappa shape index (κ2) is 5.11. The van der Waals surface area contributed by atoms with Crippen LogP contribution in [0.5, 0.6) is 0 Å². The standard InChI is InChI=1S/C12H12O4/c1-8-4-2-6-10(12(15)16)9(8)5-3-7-11(13)14/h2-6H,7H2,1H3,(H,13,14)(H,15,16). The van der Waals surface area contributed by atoms with Gasteiger partial charge in [0.15, 0.2) is 0 Å². The van der Waals surface area contributed by atoms with Gasteiger partial charge in [-0.05, 0) is 24.1 Å².